The van der Waals surface area contributed by atoms with Gasteiger partial charge in [0.05, 0.1) is 0 Å². The van der Waals surface area contributed by atoms with Gasteiger partial charge in [-0.05, 0) is 30.0 Å². The predicted molar refractivity (Wildman–Crippen MR) is 42.1 cm³/mol. The van der Waals surface area contributed by atoms with E-state index in [1.54, 1.807) is 12.3 Å². The fraction of sp³-hybridized carbons (Fsp3) is 0. The van der Waals surface area contributed by atoms with Gasteiger partial charge in [0, 0.05) is 6.20 Å². The lowest BCUT2D eigenvalue weighted by Crippen LogP contribution is -1.92. The highest BCUT2D eigenvalue weighted by Crippen LogP contribution is 2.10. The molecule has 0 aliphatic carbocycles. The second-order valence-corrected chi connectivity index (χ2v) is 2.67. The summed E-state index contributed by atoms with van der Waals surface area (Å²) in [5.41, 5.74) is 0. The van der Waals surface area contributed by atoms with E-state index < -0.39 is 0 Å². The van der Waals surface area contributed by atoms with Crippen LogP contribution in [0.5, 0.6) is 0 Å². The Morgan fingerprint density at radius 2 is 2.10 bits per heavy atom. The summed E-state index contributed by atoms with van der Waals surface area (Å²) < 4.78 is 0. The molecule has 1 aromatic heterocycles. The lowest BCUT2D eigenvalue weighted by Gasteiger charge is -1.94. The summed E-state index contributed by atoms with van der Waals surface area (Å²) in [6, 6.07) is 1.73. The molecular formula is C4H6N4S2. The minimum Gasteiger partial charge on any atom is -0.272 e. The quantitative estimate of drug-likeness (QED) is 0.384. The first kappa shape index (κ1) is 7.80. The van der Waals surface area contributed by atoms with Crippen LogP contribution < -0.4 is 10.3 Å². The van der Waals surface area contributed by atoms with Gasteiger partial charge in [0.2, 0.25) is 5.16 Å². The Morgan fingerprint density at radius 1 is 1.30 bits per heavy atom. The summed E-state index contributed by atoms with van der Waals surface area (Å²) >= 11 is 2.09. The minimum atomic E-state index is 0.537. The van der Waals surface area contributed by atoms with Crippen LogP contribution in [0.1, 0.15) is 0 Å². The molecule has 0 atom stereocenters. The van der Waals surface area contributed by atoms with E-state index in [0.717, 1.165) is 28.9 Å². The van der Waals surface area contributed by atoms with Gasteiger partial charge in [-0.2, -0.15) is 0 Å². The Morgan fingerprint density at radius 3 is 2.70 bits per heavy atom. The molecule has 0 fully saturated rings. The first-order valence-corrected chi connectivity index (χ1v) is 4.19. The van der Waals surface area contributed by atoms with Crippen molar-refractivity contribution in [1.29, 1.82) is 0 Å². The third-order valence-corrected chi connectivity index (χ3v) is 1.71. The Bertz CT molecular complexity index is 197. The number of aromatic nitrogens is 2. The van der Waals surface area contributed by atoms with Crippen molar-refractivity contribution in [3.8, 4) is 0 Å². The topological polar surface area (TPSA) is 77.8 Å². The average molecular weight is 174 g/mol. The molecule has 4 nitrogen and oxygen atoms in total. The number of nitrogens with two attached hydrogens (primary N) is 2. The maximum atomic E-state index is 5.25. The highest BCUT2D eigenvalue weighted by Gasteiger charge is 1.94. The molecule has 4 N–H and O–H groups in total. The van der Waals surface area contributed by atoms with Crippen LogP contribution in [0.3, 0.4) is 0 Å². The van der Waals surface area contributed by atoms with Crippen LogP contribution >= 0.6 is 23.9 Å². The molecule has 0 saturated heterocycles. The van der Waals surface area contributed by atoms with E-state index in [2.05, 4.69) is 9.97 Å². The molecule has 1 rings (SSSR count). The van der Waals surface area contributed by atoms with Crippen molar-refractivity contribution in [2.24, 2.45) is 10.3 Å². The van der Waals surface area contributed by atoms with Gasteiger partial charge in [0.25, 0.3) is 0 Å². The third-order valence-electron chi connectivity index (χ3n) is 0.834. The fourth-order valence-electron chi connectivity index (χ4n) is 0.448. The Kier molecular flexibility index (Phi) is 2.94. The summed E-state index contributed by atoms with van der Waals surface area (Å²) in [4.78, 5) is 7.84. The fourth-order valence-corrected chi connectivity index (χ4v) is 1.06. The van der Waals surface area contributed by atoms with Crippen LogP contribution in [0, 0.1) is 0 Å². The van der Waals surface area contributed by atoms with Crippen molar-refractivity contribution in [3.05, 3.63) is 12.3 Å². The van der Waals surface area contributed by atoms with E-state index in [9.17, 15) is 0 Å². The summed E-state index contributed by atoms with van der Waals surface area (Å²) in [6.07, 6.45) is 1.62. The molecule has 0 spiro atoms. The van der Waals surface area contributed by atoms with Crippen LogP contribution in [-0.2, 0) is 0 Å². The number of hydrogen-bond acceptors (Lipinski definition) is 6. The zero-order valence-corrected chi connectivity index (χ0v) is 6.65. The van der Waals surface area contributed by atoms with E-state index in [1.807, 2.05) is 0 Å². The first-order valence-electron chi connectivity index (χ1n) is 2.43. The van der Waals surface area contributed by atoms with Gasteiger partial charge >= 0.3 is 0 Å². The molecule has 6 heteroatoms. The van der Waals surface area contributed by atoms with Crippen LogP contribution in [0.25, 0.3) is 0 Å². The van der Waals surface area contributed by atoms with Crippen molar-refractivity contribution >= 4 is 23.9 Å². The average Bonchev–Trinajstić information content (AvgIpc) is 2.05. The van der Waals surface area contributed by atoms with Gasteiger partial charge < -0.3 is 0 Å². The van der Waals surface area contributed by atoms with Gasteiger partial charge in [-0.3, -0.25) is 10.3 Å². The standard InChI is InChI=1S/C4H6N4S2/c5-9-3-1-2-7-4(8-3)10-6/h1-2H,5-6H2. The van der Waals surface area contributed by atoms with Gasteiger partial charge in [-0.25, -0.2) is 9.97 Å². The molecule has 0 amide bonds. The lowest BCUT2D eigenvalue weighted by molar-refractivity contribution is 0.893. The Hall–Kier alpha value is -0.300. The molecule has 1 heterocycles. The molecule has 1 aromatic rings. The summed E-state index contributed by atoms with van der Waals surface area (Å²) in [5, 5.41) is 11.7. The van der Waals surface area contributed by atoms with Crippen molar-refractivity contribution in [1.82, 2.24) is 9.97 Å². The van der Waals surface area contributed by atoms with Gasteiger partial charge in [-0.1, -0.05) is 0 Å². The second-order valence-electron chi connectivity index (χ2n) is 1.41. The van der Waals surface area contributed by atoms with E-state index in [0.29, 0.717) is 5.16 Å². The van der Waals surface area contributed by atoms with E-state index in [-0.39, 0.29) is 0 Å². The van der Waals surface area contributed by atoms with E-state index in [1.165, 1.54) is 0 Å². The molecule has 10 heavy (non-hydrogen) atoms. The SMILES string of the molecule is NSc1ccnc(SN)n1. The monoisotopic (exact) mass is 174 g/mol. The van der Waals surface area contributed by atoms with Crippen molar-refractivity contribution in [2.45, 2.75) is 10.2 Å². The van der Waals surface area contributed by atoms with E-state index in [4.69, 9.17) is 10.3 Å². The van der Waals surface area contributed by atoms with Gasteiger partial charge in [0.1, 0.15) is 5.03 Å². The largest absolute Gasteiger partial charge is 0.272 e. The first-order chi connectivity index (χ1) is 4.86. The number of hydrogen-bond donors (Lipinski definition) is 2. The molecule has 0 radical (unpaired) electrons. The molecule has 0 aromatic carbocycles. The van der Waals surface area contributed by atoms with Crippen LogP contribution in [-0.4, -0.2) is 9.97 Å². The second kappa shape index (κ2) is 3.77. The predicted octanol–water partition coefficient (Wildman–Crippen LogP) is 0.408. The summed E-state index contributed by atoms with van der Waals surface area (Å²) in [6.45, 7) is 0. The highest BCUT2D eigenvalue weighted by molar-refractivity contribution is 7.97. The maximum absolute atomic E-state index is 5.25. The smallest absolute Gasteiger partial charge is 0.203 e. The summed E-state index contributed by atoms with van der Waals surface area (Å²) in [7, 11) is 0. The number of nitrogens with zero attached hydrogens (tertiary/aromatic N) is 2. The molecule has 0 bridgehead atoms. The lowest BCUT2D eigenvalue weighted by atomic mass is 10.7. The van der Waals surface area contributed by atoms with E-state index >= 15 is 0 Å². The number of rotatable bonds is 2. The molecule has 0 saturated carbocycles. The zero-order chi connectivity index (χ0) is 7.40. The Balaban J connectivity index is 2.87. The molecule has 0 aliphatic heterocycles. The van der Waals surface area contributed by atoms with Gasteiger partial charge in [-0.15, -0.1) is 0 Å². The van der Waals surface area contributed by atoms with Crippen LogP contribution in [0.2, 0.25) is 0 Å². The molecule has 54 valence electrons. The van der Waals surface area contributed by atoms with Crippen molar-refractivity contribution in [2.75, 3.05) is 0 Å². The van der Waals surface area contributed by atoms with Crippen molar-refractivity contribution < 1.29 is 0 Å². The highest BCUT2D eigenvalue weighted by atomic mass is 32.2. The molecular weight excluding hydrogens is 168 g/mol. The van der Waals surface area contributed by atoms with Crippen molar-refractivity contribution in [3.63, 3.8) is 0 Å². The van der Waals surface area contributed by atoms with Crippen LogP contribution in [0.15, 0.2) is 22.4 Å². The Labute approximate surface area is 67.1 Å². The molecule has 0 aliphatic rings. The molecule has 0 unspecified atom stereocenters. The van der Waals surface area contributed by atoms with Crippen LogP contribution in [0.4, 0.5) is 0 Å². The zero-order valence-electron chi connectivity index (χ0n) is 5.02. The summed E-state index contributed by atoms with van der Waals surface area (Å²) in [5.74, 6) is 0. The third kappa shape index (κ3) is 1.84. The maximum Gasteiger partial charge on any atom is 0.203 e. The van der Waals surface area contributed by atoms with Gasteiger partial charge in [0.15, 0.2) is 0 Å². The minimum absolute atomic E-state index is 0.537. The normalized spacial score (nSPS) is 9.80.